The van der Waals surface area contributed by atoms with Gasteiger partial charge in [0.2, 0.25) is 0 Å². The molecule has 4 heteroatoms. The molecule has 2 aliphatic heterocycles. The number of rotatable bonds is 2. The molecule has 2 aliphatic rings. The molecule has 1 amide bonds. The molecule has 0 aliphatic carbocycles. The normalized spacial score (nSPS) is 26.4. The van der Waals surface area contributed by atoms with Gasteiger partial charge < -0.3 is 9.64 Å². The third kappa shape index (κ3) is 2.75. The molecule has 0 unspecified atom stereocenters. The van der Waals surface area contributed by atoms with Crippen molar-refractivity contribution in [3.8, 4) is 0 Å². The van der Waals surface area contributed by atoms with Crippen LogP contribution in [0.4, 0.5) is 0 Å². The third-order valence-electron chi connectivity index (χ3n) is 4.02. The predicted octanol–water partition coefficient (Wildman–Crippen LogP) is 2.26. The van der Waals surface area contributed by atoms with Crippen molar-refractivity contribution in [1.29, 1.82) is 0 Å². The molecular formula is C16H20N2O2. The molecule has 0 spiro atoms. The number of aromatic nitrogens is 1. The van der Waals surface area contributed by atoms with Gasteiger partial charge in [-0.3, -0.25) is 9.78 Å². The minimum atomic E-state index is -0.234. The lowest BCUT2D eigenvalue weighted by atomic mass is 10.0. The van der Waals surface area contributed by atoms with E-state index in [4.69, 9.17) is 4.74 Å². The molecule has 3 rings (SSSR count). The number of carbonyl (C=O) groups excluding carboxylic acids is 1. The number of amides is 1. The van der Waals surface area contributed by atoms with E-state index in [1.54, 1.807) is 12.4 Å². The topological polar surface area (TPSA) is 42.4 Å². The van der Waals surface area contributed by atoms with Crippen molar-refractivity contribution >= 4 is 11.5 Å². The first-order valence-electron chi connectivity index (χ1n) is 7.28. The second kappa shape index (κ2) is 5.75. The largest absolute Gasteiger partial charge is 0.365 e. The Morgan fingerprint density at radius 3 is 2.85 bits per heavy atom. The van der Waals surface area contributed by atoms with E-state index in [0.717, 1.165) is 31.4 Å². The highest BCUT2D eigenvalue weighted by Gasteiger charge is 2.32. The van der Waals surface area contributed by atoms with Crippen LogP contribution in [0.3, 0.4) is 0 Å². The van der Waals surface area contributed by atoms with Crippen LogP contribution in [0.1, 0.15) is 31.7 Å². The van der Waals surface area contributed by atoms with Gasteiger partial charge in [-0.15, -0.1) is 0 Å². The summed E-state index contributed by atoms with van der Waals surface area (Å²) in [4.78, 5) is 18.5. The highest BCUT2D eigenvalue weighted by Crippen LogP contribution is 2.25. The lowest BCUT2D eigenvalue weighted by molar-refractivity contribution is -0.142. The zero-order valence-electron chi connectivity index (χ0n) is 11.8. The summed E-state index contributed by atoms with van der Waals surface area (Å²) in [6.07, 6.45) is 8.52. The summed E-state index contributed by atoms with van der Waals surface area (Å²) >= 11 is 0. The fourth-order valence-corrected chi connectivity index (χ4v) is 2.89. The summed E-state index contributed by atoms with van der Waals surface area (Å²) in [5.41, 5.74) is 2.36. The van der Waals surface area contributed by atoms with Crippen molar-refractivity contribution in [3.05, 3.63) is 36.2 Å². The molecule has 4 nitrogen and oxygen atoms in total. The molecule has 1 saturated heterocycles. The lowest BCUT2D eigenvalue weighted by Gasteiger charge is -2.29. The van der Waals surface area contributed by atoms with Crippen LogP contribution in [0.2, 0.25) is 0 Å². The fraction of sp³-hybridized carbons (Fsp3) is 0.500. The zero-order chi connectivity index (χ0) is 13.9. The van der Waals surface area contributed by atoms with Crippen molar-refractivity contribution < 1.29 is 9.53 Å². The van der Waals surface area contributed by atoms with Crippen LogP contribution in [0.25, 0.3) is 5.57 Å². The van der Waals surface area contributed by atoms with Crippen LogP contribution < -0.4 is 0 Å². The van der Waals surface area contributed by atoms with Crippen LogP contribution in [0.15, 0.2) is 30.6 Å². The summed E-state index contributed by atoms with van der Waals surface area (Å²) in [6.45, 7) is 3.50. The summed E-state index contributed by atoms with van der Waals surface area (Å²) in [5.74, 6) is 0.147. The van der Waals surface area contributed by atoms with Crippen molar-refractivity contribution in [2.45, 2.75) is 38.4 Å². The van der Waals surface area contributed by atoms with E-state index in [0.29, 0.717) is 6.54 Å². The molecule has 0 bridgehead atoms. The van der Waals surface area contributed by atoms with Crippen LogP contribution in [-0.2, 0) is 9.53 Å². The SMILES string of the molecule is C[C@@H]1CC[C@H](C(=O)N2CCC=C(c3ccncc3)C2)O1. The zero-order valence-corrected chi connectivity index (χ0v) is 11.8. The first-order chi connectivity index (χ1) is 9.74. The molecule has 1 fully saturated rings. The number of nitrogens with zero attached hydrogens (tertiary/aromatic N) is 2. The second-order valence-corrected chi connectivity index (χ2v) is 5.53. The standard InChI is InChI=1S/C16H20N2O2/c1-12-4-5-15(20-12)16(19)18-10-2-3-14(11-18)13-6-8-17-9-7-13/h3,6-9,12,15H,2,4-5,10-11H2,1H3/t12-,15-/m1/s1. The molecule has 0 aromatic carbocycles. The quantitative estimate of drug-likeness (QED) is 0.829. The van der Waals surface area contributed by atoms with Gasteiger partial charge in [-0.2, -0.15) is 0 Å². The second-order valence-electron chi connectivity index (χ2n) is 5.53. The van der Waals surface area contributed by atoms with E-state index in [-0.39, 0.29) is 18.1 Å². The number of pyridine rings is 1. The van der Waals surface area contributed by atoms with E-state index in [1.165, 1.54) is 5.57 Å². The van der Waals surface area contributed by atoms with Crippen molar-refractivity contribution in [2.24, 2.45) is 0 Å². The Kier molecular flexibility index (Phi) is 3.83. The fourth-order valence-electron chi connectivity index (χ4n) is 2.89. The average molecular weight is 272 g/mol. The van der Waals surface area contributed by atoms with Crippen LogP contribution >= 0.6 is 0 Å². The summed E-state index contributed by atoms with van der Waals surface area (Å²) in [6, 6.07) is 3.99. The maximum absolute atomic E-state index is 12.5. The Balaban J connectivity index is 1.68. The molecule has 2 atom stereocenters. The first-order valence-corrected chi connectivity index (χ1v) is 7.28. The van der Waals surface area contributed by atoms with Crippen LogP contribution in [0.5, 0.6) is 0 Å². The third-order valence-corrected chi connectivity index (χ3v) is 4.02. The van der Waals surface area contributed by atoms with Crippen molar-refractivity contribution in [2.75, 3.05) is 13.1 Å². The smallest absolute Gasteiger partial charge is 0.252 e. The minimum absolute atomic E-state index is 0.147. The first kappa shape index (κ1) is 13.3. The molecule has 20 heavy (non-hydrogen) atoms. The van der Waals surface area contributed by atoms with E-state index in [9.17, 15) is 4.79 Å². The van der Waals surface area contributed by atoms with Gasteiger partial charge in [0.25, 0.3) is 5.91 Å². The van der Waals surface area contributed by atoms with Gasteiger partial charge in [0, 0.05) is 25.5 Å². The van der Waals surface area contributed by atoms with E-state index in [2.05, 4.69) is 11.1 Å². The molecular weight excluding hydrogens is 252 g/mol. The molecule has 1 aromatic rings. The highest BCUT2D eigenvalue weighted by atomic mass is 16.5. The van der Waals surface area contributed by atoms with Crippen LogP contribution in [-0.4, -0.2) is 41.1 Å². The Labute approximate surface area is 119 Å². The minimum Gasteiger partial charge on any atom is -0.365 e. The predicted molar refractivity (Wildman–Crippen MR) is 77.0 cm³/mol. The monoisotopic (exact) mass is 272 g/mol. The summed E-state index contributed by atoms with van der Waals surface area (Å²) in [7, 11) is 0. The van der Waals surface area contributed by atoms with E-state index < -0.39 is 0 Å². The van der Waals surface area contributed by atoms with Gasteiger partial charge in [-0.1, -0.05) is 6.08 Å². The number of hydrogen-bond acceptors (Lipinski definition) is 3. The Morgan fingerprint density at radius 2 is 2.15 bits per heavy atom. The maximum Gasteiger partial charge on any atom is 0.252 e. The van der Waals surface area contributed by atoms with Crippen LogP contribution in [0, 0.1) is 0 Å². The van der Waals surface area contributed by atoms with Gasteiger partial charge in [0.05, 0.1) is 6.10 Å². The molecule has 3 heterocycles. The van der Waals surface area contributed by atoms with Crippen molar-refractivity contribution in [1.82, 2.24) is 9.88 Å². The molecule has 0 radical (unpaired) electrons. The molecule has 0 saturated carbocycles. The van der Waals surface area contributed by atoms with E-state index >= 15 is 0 Å². The van der Waals surface area contributed by atoms with E-state index in [1.807, 2.05) is 24.0 Å². The number of ether oxygens (including phenoxy) is 1. The Hall–Kier alpha value is -1.68. The van der Waals surface area contributed by atoms with Gasteiger partial charge in [0.1, 0.15) is 6.10 Å². The van der Waals surface area contributed by atoms with Gasteiger partial charge in [0.15, 0.2) is 0 Å². The molecule has 0 N–H and O–H groups in total. The Morgan fingerprint density at radius 1 is 1.35 bits per heavy atom. The van der Waals surface area contributed by atoms with Gasteiger partial charge in [-0.05, 0) is 49.5 Å². The highest BCUT2D eigenvalue weighted by molar-refractivity contribution is 5.84. The maximum atomic E-state index is 12.5. The summed E-state index contributed by atoms with van der Waals surface area (Å²) in [5, 5.41) is 0. The number of hydrogen-bond donors (Lipinski definition) is 0. The average Bonchev–Trinajstić information content (AvgIpc) is 2.94. The molecule has 106 valence electrons. The lowest BCUT2D eigenvalue weighted by Crippen LogP contribution is -2.42. The number of carbonyl (C=O) groups is 1. The summed E-state index contributed by atoms with van der Waals surface area (Å²) < 4.78 is 5.70. The van der Waals surface area contributed by atoms with Crippen molar-refractivity contribution in [3.63, 3.8) is 0 Å². The molecule has 1 aromatic heterocycles. The Bertz CT molecular complexity index is 512. The van der Waals surface area contributed by atoms with Gasteiger partial charge >= 0.3 is 0 Å². The van der Waals surface area contributed by atoms with Gasteiger partial charge in [-0.25, -0.2) is 0 Å².